The second-order valence-electron chi connectivity index (χ2n) is 4.94. The number of hydrogen-bond donors (Lipinski definition) is 1. The van der Waals surface area contributed by atoms with Gasteiger partial charge < -0.3 is 10.1 Å². The van der Waals surface area contributed by atoms with Crippen molar-refractivity contribution in [1.29, 1.82) is 0 Å². The molecule has 0 aliphatic carbocycles. The highest BCUT2D eigenvalue weighted by Gasteiger charge is 2.11. The summed E-state index contributed by atoms with van der Waals surface area (Å²) < 4.78 is 4.90. The van der Waals surface area contributed by atoms with E-state index in [4.69, 9.17) is 4.74 Å². The molecule has 0 aliphatic rings. The lowest BCUT2D eigenvalue weighted by molar-refractivity contribution is -0.121. The van der Waals surface area contributed by atoms with Crippen LogP contribution in [0.4, 0.5) is 0 Å². The number of aryl methyl sites for hydroxylation is 2. The van der Waals surface area contributed by atoms with Gasteiger partial charge in [-0.05, 0) is 31.9 Å². The lowest BCUT2D eigenvalue weighted by Crippen LogP contribution is -2.25. The quantitative estimate of drug-likeness (QED) is 0.586. The summed E-state index contributed by atoms with van der Waals surface area (Å²) in [6, 6.07) is 5.80. The van der Waals surface area contributed by atoms with Crippen LogP contribution in [0.5, 0.6) is 0 Å². The van der Waals surface area contributed by atoms with Gasteiger partial charge >= 0.3 is 0 Å². The van der Waals surface area contributed by atoms with E-state index >= 15 is 0 Å². The summed E-state index contributed by atoms with van der Waals surface area (Å²) in [5.41, 5.74) is 2.74. The average Bonchev–Trinajstić information content (AvgIpc) is 2.43. The average molecular weight is 277 g/mol. The van der Waals surface area contributed by atoms with Crippen molar-refractivity contribution in [2.24, 2.45) is 0 Å². The Morgan fingerprint density at radius 2 is 1.95 bits per heavy atom. The second kappa shape index (κ2) is 8.48. The first-order chi connectivity index (χ1) is 9.54. The molecule has 1 amide bonds. The van der Waals surface area contributed by atoms with Crippen molar-refractivity contribution in [2.75, 3.05) is 20.3 Å². The van der Waals surface area contributed by atoms with E-state index in [0.717, 1.165) is 23.1 Å². The fraction of sp³-hybridized carbons (Fsp3) is 0.500. The van der Waals surface area contributed by atoms with Crippen LogP contribution in [-0.4, -0.2) is 32.0 Å². The molecule has 0 bridgehead atoms. The number of Topliss-reactive ketones (excluding diaryl/α,β-unsaturated/α-hetero) is 1. The van der Waals surface area contributed by atoms with Crippen molar-refractivity contribution in [3.63, 3.8) is 0 Å². The highest BCUT2D eigenvalue weighted by molar-refractivity contribution is 5.99. The largest absolute Gasteiger partial charge is 0.385 e. The molecule has 0 saturated carbocycles. The van der Waals surface area contributed by atoms with Crippen LogP contribution in [0.15, 0.2) is 18.2 Å². The number of carbonyl (C=O) groups excluding carboxylic acids is 2. The second-order valence-corrected chi connectivity index (χ2v) is 4.94. The molecule has 4 heteroatoms. The lowest BCUT2D eigenvalue weighted by Gasteiger charge is -2.07. The van der Waals surface area contributed by atoms with Crippen molar-refractivity contribution in [3.8, 4) is 0 Å². The van der Waals surface area contributed by atoms with Gasteiger partial charge in [0.25, 0.3) is 0 Å². The molecule has 0 fully saturated rings. The van der Waals surface area contributed by atoms with Crippen molar-refractivity contribution in [2.45, 2.75) is 33.1 Å². The fourth-order valence-electron chi connectivity index (χ4n) is 1.93. The van der Waals surface area contributed by atoms with E-state index in [1.807, 2.05) is 32.0 Å². The maximum Gasteiger partial charge on any atom is 0.220 e. The molecule has 110 valence electrons. The Kier molecular flexibility index (Phi) is 6.94. The maximum absolute atomic E-state index is 12.1. The summed E-state index contributed by atoms with van der Waals surface area (Å²) >= 11 is 0. The molecule has 0 unspecified atom stereocenters. The van der Waals surface area contributed by atoms with Crippen LogP contribution in [0.3, 0.4) is 0 Å². The summed E-state index contributed by atoms with van der Waals surface area (Å²) in [6.07, 6.45) is 1.27. The van der Waals surface area contributed by atoms with E-state index in [9.17, 15) is 9.59 Å². The predicted molar refractivity (Wildman–Crippen MR) is 79.0 cm³/mol. The molecule has 0 radical (unpaired) electrons. The van der Waals surface area contributed by atoms with Crippen LogP contribution in [0.1, 0.15) is 40.7 Å². The summed E-state index contributed by atoms with van der Waals surface area (Å²) in [4.78, 5) is 23.7. The molecule has 1 aromatic carbocycles. The first kappa shape index (κ1) is 16.4. The van der Waals surface area contributed by atoms with Gasteiger partial charge in [0.2, 0.25) is 5.91 Å². The predicted octanol–water partition coefficient (Wildman–Crippen LogP) is 2.42. The zero-order valence-electron chi connectivity index (χ0n) is 12.5. The molecule has 0 atom stereocenters. The highest BCUT2D eigenvalue weighted by atomic mass is 16.5. The van der Waals surface area contributed by atoms with Gasteiger partial charge in [-0.3, -0.25) is 9.59 Å². The third kappa shape index (κ3) is 5.53. The number of rotatable bonds is 8. The van der Waals surface area contributed by atoms with Gasteiger partial charge in [-0.1, -0.05) is 17.7 Å². The van der Waals surface area contributed by atoms with Gasteiger partial charge in [-0.15, -0.1) is 0 Å². The Bertz CT molecular complexity index is 469. The van der Waals surface area contributed by atoms with E-state index < -0.39 is 0 Å². The third-order valence-electron chi connectivity index (χ3n) is 3.12. The Hall–Kier alpha value is -1.68. The molecule has 1 rings (SSSR count). The minimum Gasteiger partial charge on any atom is -0.385 e. The molecule has 0 spiro atoms. The molecular weight excluding hydrogens is 254 g/mol. The monoisotopic (exact) mass is 277 g/mol. The standard InChI is InChI=1S/C16H23NO3/c1-12-5-6-13(2)14(11-12)15(18)7-8-16(19)17-9-4-10-20-3/h5-6,11H,4,7-10H2,1-3H3,(H,17,19). The lowest BCUT2D eigenvalue weighted by atomic mass is 9.99. The van der Waals surface area contributed by atoms with Gasteiger partial charge in [0.1, 0.15) is 0 Å². The topological polar surface area (TPSA) is 55.4 Å². The molecule has 0 aliphatic heterocycles. The van der Waals surface area contributed by atoms with Crippen molar-refractivity contribution in [3.05, 3.63) is 34.9 Å². The van der Waals surface area contributed by atoms with Crippen LogP contribution < -0.4 is 5.32 Å². The number of hydrogen-bond acceptors (Lipinski definition) is 3. The minimum absolute atomic E-state index is 0.0261. The van der Waals surface area contributed by atoms with Crippen LogP contribution in [0, 0.1) is 13.8 Å². The number of amides is 1. The van der Waals surface area contributed by atoms with Crippen LogP contribution >= 0.6 is 0 Å². The minimum atomic E-state index is -0.0836. The van der Waals surface area contributed by atoms with Crippen LogP contribution in [0.2, 0.25) is 0 Å². The molecular formula is C16H23NO3. The molecule has 4 nitrogen and oxygen atoms in total. The first-order valence-corrected chi connectivity index (χ1v) is 6.90. The zero-order chi connectivity index (χ0) is 15.0. The van der Waals surface area contributed by atoms with Gasteiger partial charge in [-0.2, -0.15) is 0 Å². The molecule has 20 heavy (non-hydrogen) atoms. The molecule has 1 aromatic rings. The normalized spacial score (nSPS) is 10.3. The molecule has 0 heterocycles. The number of ketones is 1. The Balaban J connectivity index is 2.39. The van der Waals surface area contributed by atoms with E-state index in [2.05, 4.69) is 5.32 Å². The summed E-state index contributed by atoms with van der Waals surface area (Å²) in [6.45, 7) is 5.09. The van der Waals surface area contributed by atoms with Crippen LogP contribution in [-0.2, 0) is 9.53 Å². The smallest absolute Gasteiger partial charge is 0.220 e. The van der Waals surface area contributed by atoms with Gasteiger partial charge in [-0.25, -0.2) is 0 Å². The Morgan fingerprint density at radius 3 is 2.65 bits per heavy atom. The number of nitrogens with one attached hydrogen (secondary N) is 1. The summed E-state index contributed by atoms with van der Waals surface area (Å²) in [5, 5.41) is 2.78. The third-order valence-corrected chi connectivity index (χ3v) is 3.12. The van der Waals surface area contributed by atoms with E-state index in [-0.39, 0.29) is 24.5 Å². The van der Waals surface area contributed by atoms with Crippen LogP contribution in [0.25, 0.3) is 0 Å². The van der Waals surface area contributed by atoms with E-state index in [1.54, 1.807) is 7.11 Å². The molecule has 0 saturated heterocycles. The number of methoxy groups -OCH3 is 1. The summed E-state index contributed by atoms with van der Waals surface area (Å²) in [5.74, 6) is -0.0574. The first-order valence-electron chi connectivity index (χ1n) is 6.90. The number of benzene rings is 1. The van der Waals surface area contributed by atoms with Gasteiger partial charge in [0, 0.05) is 38.7 Å². The van der Waals surface area contributed by atoms with E-state index in [0.29, 0.717) is 13.2 Å². The molecule has 0 aromatic heterocycles. The summed E-state index contributed by atoms with van der Waals surface area (Å²) in [7, 11) is 1.63. The highest BCUT2D eigenvalue weighted by Crippen LogP contribution is 2.13. The number of carbonyl (C=O) groups is 2. The van der Waals surface area contributed by atoms with Gasteiger partial charge in [0.05, 0.1) is 0 Å². The molecule has 1 N–H and O–H groups in total. The number of ether oxygens (including phenoxy) is 1. The fourth-order valence-corrected chi connectivity index (χ4v) is 1.93. The van der Waals surface area contributed by atoms with Crippen molar-refractivity contribution >= 4 is 11.7 Å². The zero-order valence-corrected chi connectivity index (χ0v) is 12.5. The van der Waals surface area contributed by atoms with Crippen molar-refractivity contribution < 1.29 is 14.3 Å². The van der Waals surface area contributed by atoms with E-state index in [1.165, 1.54) is 0 Å². The Morgan fingerprint density at radius 1 is 1.20 bits per heavy atom. The maximum atomic E-state index is 12.1. The van der Waals surface area contributed by atoms with Gasteiger partial charge in [0.15, 0.2) is 5.78 Å². The SMILES string of the molecule is COCCCNC(=O)CCC(=O)c1cc(C)ccc1C. The Labute approximate surface area is 120 Å². The van der Waals surface area contributed by atoms with Crippen molar-refractivity contribution in [1.82, 2.24) is 5.32 Å².